The number of benzene rings is 1. The van der Waals surface area contributed by atoms with Gasteiger partial charge in [0.25, 0.3) is 0 Å². The third kappa shape index (κ3) is 3.37. The first-order valence-electron chi connectivity index (χ1n) is 8.97. The molecule has 1 aliphatic rings. The predicted octanol–water partition coefficient (Wildman–Crippen LogP) is 2.45. The van der Waals surface area contributed by atoms with Gasteiger partial charge in [0, 0.05) is 25.5 Å². The average molecular weight is 350 g/mol. The Bertz CT molecular complexity index is 860. The molecule has 2 atom stereocenters. The van der Waals surface area contributed by atoms with Gasteiger partial charge < -0.3 is 15.2 Å². The van der Waals surface area contributed by atoms with E-state index in [9.17, 15) is 4.79 Å². The smallest absolute Gasteiger partial charge is 0.225 e. The maximum Gasteiger partial charge on any atom is 0.225 e. The Morgan fingerprint density at radius 2 is 2.08 bits per heavy atom. The summed E-state index contributed by atoms with van der Waals surface area (Å²) < 4.78 is 0. The highest BCUT2D eigenvalue weighted by molar-refractivity contribution is 5.80. The lowest BCUT2D eigenvalue weighted by atomic mass is 9.97. The zero-order valence-corrected chi connectivity index (χ0v) is 14.7. The number of rotatable bonds is 4. The molecule has 0 aliphatic carbocycles. The molecule has 1 saturated heterocycles. The van der Waals surface area contributed by atoms with Gasteiger partial charge in [0.05, 0.1) is 23.0 Å². The average Bonchev–Trinajstić information content (AvgIpc) is 3.13. The van der Waals surface area contributed by atoms with E-state index >= 15 is 0 Å². The number of amides is 1. The first-order chi connectivity index (χ1) is 12.7. The number of aromatic amines is 1. The second kappa shape index (κ2) is 7.11. The van der Waals surface area contributed by atoms with Crippen molar-refractivity contribution in [1.82, 2.24) is 25.3 Å². The van der Waals surface area contributed by atoms with Crippen molar-refractivity contribution in [2.75, 3.05) is 18.0 Å². The number of fused-ring (bicyclic) bond motifs is 1. The molecule has 0 spiro atoms. The van der Waals surface area contributed by atoms with Gasteiger partial charge in [-0.1, -0.05) is 12.1 Å². The van der Waals surface area contributed by atoms with Crippen LogP contribution >= 0.6 is 0 Å². The van der Waals surface area contributed by atoms with Crippen molar-refractivity contribution < 1.29 is 4.79 Å². The lowest BCUT2D eigenvalue weighted by Gasteiger charge is -2.32. The van der Waals surface area contributed by atoms with Gasteiger partial charge >= 0.3 is 0 Å². The number of hydrogen-bond acceptors (Lipinski definition) is 5. The molecule has 2 aromatic heterocycles. The minimum atomic E-state index is -0.168. The number of anilines is 1. The normalized spacial score (nSPS) is 18.7. The maximum atomic E-state index is 12.8. The number of nitrogens with zero attached hydrogens (tertiary/aromatic N) is 4. The van der Waals surface area contributed by atoms with Gasteiger partial charge in [-0.05, 0) is 38.0 Å². The van der Waals surface area contributed by atoms with Crippen LogP contribution in [0.5, 0.6) is 0 Å². The predicted molar refractivity (Wildman–Crippen MR) is 99.6 cm³/mol. The van der Waals surface area contributed by atoms with E-state index in [-0.39, 0.29) is 17.9 Å². The van der Waals surface area contributed by atoms with Gasteiger partial charge in [0.15, 0.2) is 0 Å². The number of hydrogen-bond donors (Lipinski definition) is 2. The molecule has 1 amide bonds. The van der Waals surface area contributed by atoms with Crippen LogP contribution in [0.15, 0.2) is 42.7 Å². The van der Waals surface area contributed by atoms with Crippen LogP contribution in [0.2, 0.25) is 0 Å². The molecule has 3 heterocycles. The number of para-hydroxylation sites is 2. The molecule has 3 aromatic rings. The summed E-state index contributed by atoms with van der Waals surface area (Å²) in [5.41, 5.74) is 1.89. The zero-order chi connectivity index (χ0) is 17.9. The minimum absolute atomic E-state index is 0.0542. The SMILES string of the molecule is C[C@@H](NC(=O)[C@@H]1CCCN(c2ncccn2)C1)c1nc2ccccc2[nH]1. The molecule has 0 saturated carbocycles. The summed E-state index contributed by atoms with van der Waals surface area (Å²) >= 11 is 0. The van der Waals surface area contributed by atoms with Gasteiger partial charge in [-0.15, -0.1) is 0 Å². The lowest BCUT2D eigenvalue weighted by Crippen LogP contribution is -2.44. The Morgan fingerprint density at radius 1 is 1.27 bits per heavy atom. The van der Waals surface area contributed by atoms with Gasteiger partial charge in [-0.3, -0.25) is 4.79 Å². The second-order valence-corrected chi connectivity index (χ2v) is 6.70. The maximum absolute atomic E-state index is 12.8. The van der Waals surface area contributed by atoms with Gasteiger partial charge in [0.1, 0.15) is 5.82 Å². The quantitative estimate of drug-likeness (QED) is 0.755. The van der Waals surface area contributed by atoms with E-state index in [1.807, 2.05) is 31.2 Å². The third-order valence-corrected chi connectivity index (χ3v) is 4.80. The van der Waals surface area contributed by atoms with Crippen LogP contribution in [-0.4, -0.2) is 38.9 Å². The summed E-state index contributed by atoms with van der Waals surface area (Å²) in [6, 6.07) is 9.50. The Morgan fingerprint density at radius 3 is 2.88 bits per heavy atom. The highest BCUT2D eigenvalue weighted by atomic mass is 16.2. The van der Waals surface area contributed by atoms with Crippen LogP contribution < -0.4 is 10.2 Å². The number of imidazole rings is 1. The largest absolute Gasteiger partial charge is 0.346 e. The Hall–Kier alpha value is -2.96. The van der Waals surface area contributed by atoms with E-state index in [0.29, 0.717) is 12.5 Å². The topological polar surface area (TPSA) is 86.8 Å². The van der Waals surface area contributed by atoms with E-state index in [2.05, 4.69) is 30.2 Å². The third-order valence-electron chi connectivity index (χ3n) is 4.80. The van der Waals surface area contributed by atoms with Crippen molar-refractivity contribution in [2.45, 2.75) is 25.8 Å². The molecule has 7 nitrogen and oxygen atoms in total. The number of piperidine rings is 1. The standard InChI is InChI=1S/C19H22N6O/c1-13(17-23-15-7-2-3-8-16(15)24-17)22-18(26)14-6-4-11-25(12-14)19-20-9-5-10-21-19/h2-3,5,7-10,13-14H,4,6,11-12H2,1H3,(H,22,26)(H,23,24)/t13-,14-/m1/s1. The monoisotopic (exact) mass is 350 g/mol. The Kier molecular flexibility index (Phi) is 4.51. The number of carbonyl (C=O) groups is 1. The summed E-state index contributed by atoms with van der Waals surface area (Å²) in [5, 5.41) is 3.10. The molecule has 2 N–H and O–H groups in total. The Balaban J connectivity index is 1.42. The molecule has 0 bridgehead atoms. The highest BCUT2D eigenvalue weighted by Gasteiger charge is 2.28. The van der Waals surface area contributed by atoms with Crippen LogP contribution in [0.1, 0.15) is 31.6 Å². The molecule has 134 valence electrons. The van der Waals surface area contributed by atoms with Crippen LogP contribution in [0, 0.1) is 5.92 Å². The molecule has 0 radical (unpaired) electrons. The fourth-order valence-electron chi connectivity index (χ4n) is 3.40. The van der Waals surface area contributed by atoms with Gasteiger partial charge in [0.2, 0.25) is 11.9 Å². The van der Waals surface area contributed by atoms with Crippen LogP contribution in [0.25, 0.3) is 11.0 Å². The fraction of sp³-hybridized carbons (Fsp3) is 0.368. The number of aromatic nitrogens is 4. The summed E-state index contributed by atoms with van der Waals surface area (Å²) in [4.78, 5) is 31.3. The van der Waals surface area contributed by atoms with Crippen LogP contribution in [-0.2, 0) is 4.79 Å². The number of H-pyrrole nitrogens is 1. The number of nitrogens with one attached hydrogen (secondary N) is 2. The van der Waals surface area contributed by atoms with Crippen LogP contribution in [0.3, 0.4) is 0 Å². The summed E-state index contributed by atoms with van der Waals surface area (Å²) in [6.45, 7) is 3.48. The minimum Gasteiger partial charge on any atom is -0.346 e. The van der Waals surface area contributed by atoms with Crippen molar-refractivity contribution >= 4 is 22.9 Å². The number of carbonyl (C=O) groups excluding carboxylic acids is 1. The lowest BCUT2D eigenvalue weighted by molar-refractivity contribution is -0.126. The highest BCUT2D eigenvalue weighted by Crippen LogP contribution is 2.22. The summed E-state index contributed by atoms with van der Waals surface area (Å²) in [5.74, 6) is 1.45. The van der Waals surface area contributed by atoms with Crippen molar-refractivity contribution in [2.24, 2.45) is 5.92 Å². The molecule has 1 fully saturated rings. The first kappa shape index (κ1) is 16.5. The summed E-state index contributed by atoms with van der Waals surface area (Å²) in [6.07, 6.45) is 5.29. The molecular formula is C19H22N6O. The van der Waals surface area contributed by atoms with Crippen molar-refractivity contribution in [3.05, 3.63) is 48.5 Å². The van der Waals surface area contributed by atoms with Crippen molar-refractivity contribution in [3.8, 4) is 0 Å². The molecule has 4 rings (SSSR count). The Labute approximate surface area is 151 Å². The molecule has 0 unspecified atom stereocenters. The van der Waals surface area contributed by atoms with E-state index < -0.39 is 0 Å². The second-order valence-electron chi connectivity index (χ2n) is 6.70. The molecule has 26 heavy (non-hydrogen) atoms. The van der Waals surface area contributed by atoms with Gasteiger partial charge in [-0.25, -0.2) is 15.0 Å². The van der Waals surface area contributed by atoms with Crippen molar-refractivity contribution in [1.29, 1.82) is 0 Å². The van der Waals surface area contributed by atoms with E-state index in [1.54, 1.807) is 18.5 Å². The van der Waals surface area contributed by atoms with Gasteiger partial charge in [-0.2, -0.15) is 0 Å². The van der Waals surface area contributed by atoms with Crippen molar-refractivity contribution in [3.63, 3.8) is 0 Å². The first-order valence-corrected chi connectivity index (χ1v) is 8.97. The van der Waals surface area contributed by atoms with E-state index in [4.69, 9.17) is 0 Å². The van der Waals surface area contributed by atoms with E-state index in [1.165, 1.54) is 0 Å². The molecule has 7 heteroatoms. The van der Waals surface area contributed by atoms with Crippen LogP contribution in [0.4, 0.5) is 5.95 Å². The molecule has 1 aromatic carbocycles. The fourth-order valence-corrected chi connectivity index (χ4v) is 3.40. The summed E-state index contributed by atoms with van der Waals surface area (Å²) in [7, 11) is 0. The molecule has 1 aliphatic heterocycles. The molecular weight excluding hydrogens is 328 g/mol. The van der Waals surface area contributed by atoms with E-state index in [0.717, 1.165) is 36.2 Å². The zero-order valence-electron chi connectivity index (χ0n) is 14.7.